The Morgan fingerprint density at radius 2 is 1.71 bits per heavy atom. The normalized spacial score (nSPS) is 20.9. The van der Waals surface area contributed by atoms with Gasteiger partial charge in [0.05, 0.1) is 0 Å². The van der Waals surface area contributed by atoms with Crippen molar-refractivity contribution >= 4 is 36.0 Å². The number of nitrogens with two attached hydrogens (primary N) is 1. The number of carbonyl (C=O) groups is 1. The van der Waals surface area contributed by atoms with E-state index < -0.39 is 5.60 Å². The molecule has 0 unspecified atom stereocenters. The van der Waals surface area contributed by atoms with Crippen LogP contribution < -0.4 is 5.73 Å². The number of halogens is 1. The van der Waals surface area contributed by atoms with E-state index in [0.717, 1.165) is 6.54 Å². The van der Waals surface area contributed by atoms with Crippen LogP contribution in [0.1, 0.15) is 53.4 Å². The summed E-state index contributed by atoms with van der Waals surface area (Å²) in [5.41, 5.74) is 6.09. The number of nitrogens with zero attached hydrogens (tertiary/aromatic N) is 3. The molecule has 2 aliphatic rings. The number of ether oxygens (including phenoxy) is 1. The minimum Gasteiger partial charge on any atom is -0.444 e. The number of guanidine groups is 1. The van der Waals surface area contributed by atoms with Crippen molar-refractivity contribution in [2.45, 2.75) is 59.0 Å². The molecule has 0 atom stereocenters. The fourth-order valence-electron chi connectivity index (χ4n) is 3.09. The highest BCUT2D eigenvalue weighted by Gasteiger charge is 2.35. The minimum atomic E-state index is -0.452. The summed E-state index contributed by atoms with van der Waals surface area (Å²) in [4.78, 5) is 20.5. The van der Waals surface area contributed by atoms with Gasteiger partial charge in [-0.2, -0.15) is 0 Å². The Morgan fingerprint density at radius 3 is 2.12 bits per heavy atom. The summed E-state index contributed by atoms with van der Waals surface area (Å²) < 4.78 is 5.41. The highest BCUT2D eigenvalue weighted by atomic mass is 127. The summed E-state index contributed by atoms with van der Waals surface area (Å²) in [6.45, 7) is 11.4. The number of rotatable bonds is 3. The predicted molar refractivity (Wildman–Crippen MR) is 108 cm³/mol. The molecule has 0 spiro atoms. The fourth-order valence-corrected chi connectivity index (χ4v) is 3.09. The third-order valence-corrected chi connectivity index (χ3v) is 5.00. The lowest BCUT2D eigenvalue weighted by Crippen LogP contribution is -2.53. The van der Waals surface area contributed by atoms with E-state index in [-0.39, 0.29) is 30.1 Å². The molecule has 140 valence electrons. The van der Waals surface area contributed by atoms with E-state index >= 15 is 0 Å². The molecule has 1 heterocycles. The molecule has 2 rings (SSSR count). The van der Waals surface area contributed by atoms with E-state index in [0.29, 0.717) is 37.6 Å². The van der Waals surface area contributed by atoms with Gasteiger partial charge in [0.25, 0.3) is 0 Å². The predicted octanol–water partition coefficient (Wildman–Crippen LogP) is 3.05. The Kier molecular flexibility index (Phi) is 7.62. The van der Waals surface area contributed by atoms with Gasteiger partial charge in [0.15, 0.2) is 5.96 Å². The Bertz CT molecular complexity index is 444. The SMILES string of the molecule is CCC1(CN=C(N)N2CCN(C(=O)OC(C)(C)C)CC2)CCC1.I. The Labute approximate surface area is 163 Å². The van der Waals surface area contributed by atoms with Crippen molar-refractivity contribution in [3.8, 4) is 0 Å². The molecule has 0 aromatic heterocycles. The molecule has 1 aliphatic carbocycles. The summed E-state index contributed by atoms with van der Waals surface area (Å²) >= 11 is 0. The Morgan fingerprint density at radius 1 is 1.17 bits per heavy atom. The number of amides is 1. The van der Waals surface area contributed by atoms with Crippen molar-refractivity contribution in [1.82, 2.24) is 9.80 Å². The number of hydrogen-bond acceptors (Lipinski definition) is 3. The maximum Gasteiger partial charge on any atom is 0.410 e. The lowest BCUT2D eigenvalue weighted by molar-refractivity contribution is 0.0186. The number of aliphatic imine (C=N–C) groups is 1. The van der Waals surface area contributed by atoms with Crippen LogP contribution in [-0.2, 0) is 4.74 Å². The van der Waals surface area contributed by atoms with Crippen molar-refractivity contribution in [3.05, 3.63) is 0 Å². The molecule has 0 bridgehead atoms. The zero-order valence-corrected chi connectivity index (χ0v) is 17.8. The molecule has 1 saturated carbocycles. The van der Waals surface area contributed by atoms with Crippen LogP contribution in [0.15, 0.2) is 4.99 Å². The van der Waals surface area contributed by atoms with Gasteiger partial charge in [0, 0.05) is 32.7 Å². The van der Waals surface area contributed by atoms with Crippen LogP contribution >= 0.6 is 24.0 Å². The maximum absolute atomic E-state index is 12.1. The van der Waals surface area contributed by atoms with E-state index in [1.54, 1.807) is 4.90 Å². The zero-order valence-electron chi connectivity index (χ0n) is 15.5. The van der Waals surface area contributed by atoms with Crippen molar-refractivity contribution in [2.24, 2.45) is 16.1 Å². The highest BCUT2D eigenvalue weighted by molar-refractivity contribution is 14.0. The number of carbonyl (C=O) groups excluding carboxylic acids is 1. The van der Waals surface area contributed by atoms with Gasteiger partial charge in [0.1, 0.15) is 5.60 Å². The second kappa shape index (κ2) is 8.58. The molecule has 0 aromatic rings. The number of piperazine rings is 1. The van der Waals surface area contributed by atoms with Gasteiger partial charge in [-0.05, 0) is 45.4 Å². The van der Waals surface area contributed by atoms with Gasteiger partial charge >= 0.3 is 6.09 Å². The Hall–Kier alpha value is -0.730. The third kappa shape index (κ3) is 5.67. The van der Waals surface area contributed by atoms with Crippen LogP contribution in [0.3, 0.4) is 0 Å². The van der Waals surface area contributed by atoms with Crippen LogP contribution in [0.4, 0.5) is 4.79 Å². The topological polar surface area (TPSA) is 71.2 Å². The van der Waals surface area contributed by atoms with Gasteiger partial charge in [0.2, 0.25) is 0 Å². The van der Waals surface area contributed by atoms with Crippen molar-refractivity contribution in [2.75, 3.05) is 32.7 Å². The first-order valence-corrected chi connectivity index (χ1v) is 8.77. The Balaban J connectivity index is 0.00000288. The first-order valence-electron chi connectivity index (χ1n) is 8.77. The molecular weight excluding hydrogens is 419 g/mol. The van der Waals surface area contributed by atoms with Gasteiger partial charge in [-0.3, -0.25) is 4.99 Å². The summed E-state index contributed by atoms with van der Waals surface area (Å²) in [7, 11) is 0. The zero-order chi connectivity index (χ0) is 17.1. The smallest absolute Gasteiger partial charge is 0.410 e. The highest BCUT2D eigenvalue weighted by Crippen LogP contribution is 2.43. The summed E-state index contributed by atoms with van der Waals surface area (Å²) in [5.74, 6) is 0.619. The average molecular weight is 452 g/mol. The van der Waals surface area contributed by atoms with Crippen LogP contribution in [-0.4, -0.2) is 60.2 Å². The monoisotopic (exact) mass is 452 g/mol. The summed E-state index contributed by atoms with van der Waals surface area (Å²) in [6.07, 6.45) is 4.79. The summed E-state index contributed by atoms with van der Waals surface area (Å²) in [5, 5.41) is 0. The van der Waals surface area contributed by atoms with Crippen LogP contribution in [0.2, 0.25) is 0 Å². The first kappa shape index (κ1) is 21.3. The molecule has 0 aromatic carbocycles. The second-order valence-electron chi connectivity index (χ2n) is 7.84. The second-order valence-corrected chi connectivity index (χ2v) is 7.84. The maximum atomic E-state index is 12.1. The van der Waals surface area contributed by atoms with E-state index in [2.05, 4.69) is 16.8 Å². The molecule has 1 amide bonds. The van der Waals surface area contributed by atoms with Crippen LogP contribution in [0.25, 0.3) is 0 Å². The average Bonchev–Trinajstić information content (AvgIpc) is 2.45. The molecule has 6 nitrogen and oxygen atoms in total. The van der Waals surface area contributed by atoms with E-state index in [1.807, 2.05) is 20.8 Å². The lowest BCUT2D eigenvalue weighted by atomic mass is 9.67. The van der Waals surface area contributed by atoms with E-state index in [1.165, 1.54) is 25.7 Å². The molecule has 7 heteroatoms. The minimum absolute atomic E-state index is 0. The van der Waals surface area contributed by atoms with E-state index in [4.69, 9.17) is 10.5 Å². The largest absolute Gasteiger partial charge is 0.444 e. The third-order valence-electron chi connectivity index (χ3n) is 5.00. The number of hydrogen-bond donors (Lipinski definition) is 1. The van der Waals surface area contributed by atoms with Crippen molar-refractivity contribution in [1.29, 1.82) is 0 Å². The van der Waals surface area contributed by atoms with Crippen molar-refractivity contribution in [3.63, 3.8) is 0 Å². The van der Waals surface area contributed by atoms with Crippen LogP contribution in [0.5, 0.6) is 0 Å². The molecule has 2 N–H and O–H groups in total. The van der Waals surface area contributed by atoms with Gasteiger partial charge in [-0.15, -0.1) is 24.0 Å². The van der Waals surface area contributed by atoms with E-state index in [9.17, 15) is 4.79 Å². The molecule has 1 saturated heterocycles. The van der Waals surface area contributed by atoms with Gasteiger partial charge in [-0.25, -0.2) is 4.79 Å². The molecular formula is C17H33IN4O2. The first-order chi connectivity index (χ1) is 10.7. The van der Waals surface area contributed by atoms with Crippen molar-refractivity contribution < 1.29 is 9.53 Å². The van der Waals surface area contributed by atoms with Gasteiger partial charge in [-0.1, -0.05) is 13.3 Å². The fraction of sp³-hybridized carbons (Fsp3) is 0.882. The molecule has 0 radical (unpaired) electrons. The molecule has 2 fully saturated rings. The molecule has 24 heavy (non-hydrogen) atoms. The standard InChI is InChI=1S/C17H32N4O2.HI/c1-5-17(7-6-8-17)13-19-14(18)20-9-11-21(12-10-20)15(22)23-16(2,3)4;/h5-13H2,1-4H3,(H2,18,19);1H. The quantitative estimate of drug-likeness (QED) is 0.406. The summed E-state index contributed by atoms with van der Waals surface area (Å²) in [6, 6.07) is 0. The van der Waals surface area contributed by atoms with Gasteiger partial charge < -0.3 is 20.3 Å². The molecule has 1 aliphatic heterocycles. The van der Waals surface area contributed by atoms with Crippen LogP contribution in [0, 0.1) is 5.41 Å². The lowest BCUT2D eigenvalue weighted by Gasteiger charge is -2.40.